The molecule has 3 heteroatoms. The number of aliphatic hydroxyl groups excluding tert-OH is 3. The quantitative estimate of drug-likeness (QED) is 0.531. The molecular formula is C27H44O3. The van der Waals surface area contributed by atoms with Crippen LogP contribution in [0.1, 0.15) is 85.5 Å². The van der Waals surface area contributed by atoms with Gasteiger partial charge in [-0.2, -0.15) is 0 Å². The van der Waals surface area contributed by atoms with E-state index in [1.54, 1.807) is 5.57 Å². The molecule has 0 heterocycles. The van der Waals surface area contributed by atoms with Crippen LogP contribution in [0.25, 0.3) is 0 Å². The molecule has 0 radical (unpaired) electrons. The van der Waals surface area contributed by atoms with E-state index in [-0.39, 0.29) is 6.10 Å². The molecule has 0 aromatic rings. The van der Waals surface area contributed by atoms with E-state index in [4.69, 9.17) is 0 Å². The van der Waals surface area contributed by atoms with Gasteiger partial charge in [0.25, 0.3) is 0 Å². The van der Waals surface area contributed by atoms with E-state index < -0.39 is 12.2 Å². The highest BCUT2D eigenvalue weighted by Crippen LogP contribution is 2.60. The van der Waals surface area contributed by atoms with Crippen LogP contribution in [0.3, 0.4) is 0 Å². The highest BCUT2D eigenvalue weighted by molar-refractivity contribution is 5.38. The van der Waals surface area contributed by atoms with Crippen LogP contribution in [0.5, 0.6) is 0 Å². The molecule has 3 saturated carbocycles. The largest absolute Gasteiger partial charge is 0.393 e. The van der Waals surface area contributed by atoms with Gasteiger partial charge in [0.15, 0.2) is 0 Å². The van der Waals surface area contributed by atoms with Crippen molar-refractivity contribution < 1.29 is 15.3 Å². The number of allylic oxidation sites excluding steroid dienone is 3. The molecule has 3 nitrogen and oxygen atoms in total. The second-order valence-corrected chi connectivity index (χ2v) is 11.0. The number of rotatable bonds is 6. The molecule has 3 N–H and O–H groups in total. The highest BCUT2D eigenvalue weighted by Gasteiger charge is 2.50. The molecule has 3 fully saturated rings. The normalized spacial score (nSPS) is 39.5. The molecule has 3 aliphatic carbocycles. The van der Waals surface area contributed by atoms with E-state index in [0.717, 1.165) is 36.3 Å². The van der Waals surface area contributed by atoms with Gasteiger partial charge in [-0.15, -0.1) is 0 Å². The SMILES string of the molecule is C=C1/C(=C\C=C2\CCC[C@@]3(C)[C@H]2CC[C@H]3[C@H](C)CC[C@H](O)C(C)C)C[C@@H](O)C[C@@H]1O. The molecule has 0 amide bonds. The molecule has 0 bridgehead atoms. The van der Waals surface area contributed by atoms with Gasteiger partial charge in [-0.05, 0) is 91.6 Å². The minimum atomic E-state index is -0.618. The highest BCUT2D eigenvalue weighted by atomic mass is 16.3. The lowest BCUT2D eigenvalue weighted by atomic mass is 9.60. The molecule has 0 saturated heterocycles. The van der Waals surface area contributed by atoms with Crippen LogP contribution in [0.15, 0.2) is 35.5 Å². The van der Waals surface area contributed by atoms with E-state index in [1.165, 1.54) is 25.7 Å². The Morgan fingerprint density at radius 2 is 1.87 bits per heavy atom. The number of hydrogen-bond acceptors (Lipinski definition) is 3. The fourth-order valence-electron chi connectivity index (χ4n) is 6.65. The third kappa shape index (κ3) is 4.95. The van der Waals surface area contributed by atoms with Crippen LogP contribution in [-0.4, -0.2) is 33.6 Å². The first-order chi connectivity index (χ1) is 14.1. The van der Waals surface area contributed by atoms with Crippen LogP contribution in [-0.2, 0) is 0 Å². The molecular weight excluding hydrogens is 372 g/mol. The molecule has 0 aliphatic heterocycles. The summed E-state index contributed by atoms with van der Waals surface area (Å²) in [6, 6.07) is 0. The minimum absolute atomic E-state index is 0.180. The average Bonchev–Trinajstić information content (AvgIpc) is 3.04. The van der Waals surface area contributed by atoms with Crippen LogP contribution >= 0.6 is 0 Å². The van der Waals surface area contributed by atoms with Crippen molar-refractivity contribution in [2.24, 2.45) is 29.1 Å². The Morgan fingerprint density at radius 3 is 2.57 bits per heavy atom. The summed E-state index contributed by atoms with van der Waals surface area (Å²) in [5, 5.41) is 30.4. The summed E-state index contributed by atoms with van der Waals surface area (Å²) in [7, 11) is 0. The van der Waals surface area contributed by atoms with Gasteiger partial charge in [0.05, 0.1) is 18.3 Å². The zero-order chi connectivity index (χ0) is 22.1. The van der Waals surface area contributed by atoms with Gasteiger partial charge in [-0.1, -0.05) is 52.0 Å². The lowest BCUT2D eigenvalue weighted by Crippen LogP contribution is -2.36. The van der Waals surface area contributed by atoms with Crippen molar-refractivity contribution in [1.82, 2.24) is 0 Å². The van der Waals surface area contributed by atoms with Crippen molar-refractivity contribution >= 4 is 0 Å². The molecule has 170 valence electrons. The van der Waals surface area contributed by atoms with Gasteiger partial charge in [0, 0.05) is 6.42 Å². The van der Waals surface area contributed by atoms with Crippen molar-refractivity contribution in [3.8, 4) is 0 Å². The van der Waals surface area contributed by atoms with Crippen LogP contribution in [0, 0.1) is 29.1 Å². The maximum Gasteiger partial charge on any atom is 0.0811 e. The van der Waals surface area contributed by atoms with Gasteiger partial charge >= 0.3 is 0 Å². The summed E-state index contributed by atoms with van der Waals surface area (Å²) in [6.07, 6.45) is 12.4. The number of aliphatic hydroxyl groups is 3. The Labute approximate surface area is 184 Å². The summed E-state index contributed by atoms with van der Waals surface area (Å²) in [5.74, 6) is 2.35. The first-order valence-electron chi connectivity index (χ1n) is 12.3. The molecule has 0 unspecified atom stereocenters. The molecule has 7 atom stereocenters. The van der Waals surface area contributed by atoms with E-state index in [2.05, 4.69) is 46.4 Å². The summed E-state index contributed by atoms with van der Waals surface area (Å²) in [5.41, 5.74) is 3.69. The summed E-state index contributed by atoms with van der Waals surface area (Å²) >= 11 is 0. The third-order valence-corrected chi connectivity index (χ3v) is 8.68. The summed E-state index contributed by atoms with van der Waals surface area (Å²) in [6.45, 7) is 13.2. The second-order valence-electron chi connectivity index (χ2n) is 11.0. The van der Waals surface area contributed by atoms with Crippen LogP contribution in [0.4, 0.5) is 0 Å². The lowest BCUT2D eigenvalue weighted by molar-refractivity contribution is 0.0717. The van der Waals surface area contributed by atoms with Crippen molar-refractivity contribution in [3.05, 3.63) is 35.5 Å². The van der Waals surface area contributed by atoms with Crippen molar-refractivity contribution in [1.29, 1.82) is 0 Å². The number of fused-ring (bicyclic) bond motifs is 1. The maximum atomic E-state index is 10.3. The Hall–Kier alpha value is -0.900. The lowest BCUT2D eigenvalue weighted by Gasteiger charge is -2.44. The summed E-state index contributed by atoms with van der Waals surface area (Å²) in [4.78, 5) is 0. The maximum absolute atomic E-state index is 10.3. The predicted octanol–water partition coefficient (Wildman–Crippen LogP) is 5.56. The molecule has 30 heavy (non-hydrogen) atoms. The molecule has 0 spiro atoms. The smallest absolute Gasteiger partial charge is 0.0811 e. The van der Waals surface area contributed by atoms with E-state index >= 15 is 0 Å². The monoisotopic (exact) mass is 416 g/mol. The Bertz CT molecular complexity index is 676. The number of hydrogen-bond donors (Lipinski definition) is 3. The first-order valence-corrected chi connectivity index (χ1v) is 12.3. The summed E-state index contributed by atoms with van der Waals surface area (Å²) < 4.78 is 0. The van der Waals surface area contributed by atoms with Gasteiger partial charge < -0.3 is 15.3 Å². The molecule has 0 aromatic heterocycles. The van der Waals surface area contributed by atoms with Gasteiger partial charge in [-0.3, -0.25) is 0 Å². The van der Waals surface area contributed by atoms with Crippen molar-refractivity contribution in [2.75, 3.05) is 0 Å². The second kappa shape index (κ2) is 9.71. The van der Waals surface area contributed by atoms with Gasteiger partial charge in [-0.25, -0.2) is 0 Å². The Kier molecular flexibility index (Phi) is 7.69. The van der Waals surface area contributed by atoms with E-state index in [9.17, 15) is 15.3 Å². The molecule has 0 aromatic carbocycles. The predicted molar refractivity (Wildman–Crippen MR) is 124 cm³/mol. The Balaban J connectivity index is 1.72. The topological polar surface area (TPSA) is 60.7 Å². The van der Waals surface area contributed by atoms with Crippen LogP contribution < -0.4 is 0 Å². The zero-order valence-corrected chi connectivity index (χ0v) is 19.6. The van der Waals surface area contributed by atoms with E-state index in [0.29, 0.717) is 36.0 Å². The fourth-order valence-corrected chi connectivity index (χ4v) is 6.65. The minimum Gasteiger partial charge on any atom is -0.393 e. The molecule has 3 aliphatic rings. The van der Waals surface area contributed by atoms with Crippen molar-refractivity contribution in [2.45, 2.75) is 104 Å². The fraction of sp³-hybridized carbons (Fsp3) is 0.778. The van der Waals surface area contributed by atoms with E-state index in [1.807, 2.05) is 0 Å². The molecule has 3 rings (SSSR count). The first kappa shape index (κ1) is 23.8. The average molecular weight is 417 g/mol. The van der Waals surface area contributed by atoms with Gasteiger partial charge in [0.2, 0.25) is 0 Å². The van der Waals surface area contributed by atoms with Crippen molar-refractivity contribution in [3.63, 3.8) is 0 Å². The van der Waals surface area contributed by atoms with Gasteiger partial charge in [0.1, 0.15) is 0 Å². The van der Waals surface area contributed by atoms with Crippen LogP contribution in [0.2, 0.25) is 0 Å². The third-order valence-electron chi connectivity index (χ3n) is 8.68. The standard InChI is InChI=1S/C27H44O3/c1-17(2)25(29)13-8-18(3)23-11-12-24-20(7-6-14-27(23,24)5)9-10-21-15-22(28)16-26(30)19(21)4/h9-10,17-18,22-26,28-30H,4,6-8,11-16H2,1-3,5H3/b20-9-,21-10-/t18-,22-,23+,24+,25+,26+,27-/m1/s1. The zero-order valence-electron chi connectivity index (χ0n) is 19.6. The Morgan fingerprint density at radius 1 is 1.13 bits per heavy atom.